The molecule has 0 spiro atoms. The Kier molecular flexibility index (Phi) is 6.86. The summed E-state index contributed by atoms with van der Waals surface area (Å²) >= 11 is 0. The summed E-state index contributed by atoms with van der Waals surface area (Å²) in [7, 11) is 0. The van der Waals surface area contributed by atoms with Gasteiger partial charge in [0.1, 0.15) is 5.75 Å². The van der Waals surface area contributed by atoms with E-state index in [1.54, 1.807) is 0 Å². The molecule has 0 saturated heterocycles. The van der Waals surface area contributed by atoms with Gasteiger partial charge in [0.15, 0.2) is 0 Å². The van der Waals surface area contributed by atoms with Crippen LogP contribution in [0.2, 0.25) is 0 Å². The maximum atomic E-state index is 9.95. The molecule has 0 unspecified atom stereocenters. The number of aryl methyl sites for hydroxylation is 1. The van der Waals surface area contributed by atoms with Crippen molar-refractivity contribution in [3.63, 3.8) is 0 Å². The van der Waals surface area contributed by atoms with Gasteiger partial charge in [-0.2, -0.15) is 0 Å². The van der Waals surface area contributed by atoms with Gasteiger partial charge in [-0.25, -0.2) is 0 Å². The van der Waals surface area contributed by atoms with Crippen LogP contribution in [0.5, 0.6) is 5.75 Å². The molecule has 0 heterocycles. The number of benzene rings is 1. The van der Waals surface area contributed by atoms with E-state index in [0.717, 1.165) is 30.4 Å². The Hall–Kier alpha value is -0.990. The largest absolute Gasteiger partial charge is 0.507 e. The molecule has 90 valence electrons. The van der Waals surface area contributed by atoms with Crippen LogP contribution in [0.3, 0.4) is 0 Å². The molecule has 0 aliphatic rings. The predicted octanol–water partition coefficient (Wildman–Crippen LogP) is 3.34. The minimum absolute atomic E-state index is 0. The summed E-state index contributed by atoms with van der Waals surface area (Å²) in [6, 6.07) is 5.66. The number of para-hydroxylation sites is 1. The highest BCUT2D eigenvalue weighted by molar-refractivity contribution is 5.85. The van der Waals surface area contributed by atoms with Crippen LogP contribution in [0, 0.1) is 0 Å². The lowest BCUT2D eigenvalue weighted by atomic mass is 9.98. The fourth-order valence-electron chi connectivity index (χ4n) is 1.65. The highest BCUT2D eigenvalue weighted by atomic mass is 35.5. The molecule has 1 atom stereocenters. The van der Waals surface area contributed by atoms with Crippen molar-refractivity contribution in [2.75, 3.05) is 0 Å². The van der Waals surface area contributed by atoms with Crippen LogP contribution in [0.4, 0.5) is 0 Å². The smallest absolute Gasteiger partial charge is 0.123 e. The third-order valence-corrected chi connectivity index (χ3v) is 2.61. The molecular formula is C13H20ClNO. The molecule has 1 aromatic rings. The third-order valence-electron chi connectivity index (χ3n) is 2.61. The molecule has 16 heavy (non-hydrogen) atoms. The van der Waals surface area contributed by atoms with Crippen LogP contribution in [0.15, 0.2) is 30.9 Å². The van der Waals surface area contributed by atoms with Crippen LogP contribution in [0.1, 0.15) is 36.9 Å². The van der Waals surface area contributed by atoms with Crippen molar-refractivity contribution in [2.24, 2.45) is 5.73 Å². The van der Waals surface area contributed by atoms with Crippen molar-refractivity contribution >= 4 is 12.4 Å². The van der Waals surface area contributed by atoms with Gasteiger partial charge in [-0.1, -0.05) is 31.2 Å². The van der Waals surface area contributed by atoms with E-state index in [0.29, 0.717) is 5.75 Å². The quantitative estimate of drug-likeness (QED) is 0.777. The van der Waals surface area contributed by atoms with E-state index in [1.807, 2.05) is 31.2 Å². The molecular weight excluding hydrogens is 222 g/mol. The van der Waals surface area contributed by atoms with Gasteiger partial charge < -0.3 is 10.8 Å². The SMILES string of the molecule is C=CCC[C@H](N)c1cccc(CC)c1O.Cl. The van der Waals surface area contributed by atoms with Crippen molar-refractivity contribution in [2.45, 2.75) is 32.2 Å². The first-order chi connectivity index (χ1) is 7.20. The van der Waals surface area contributed by atoms with Gasteiger partial charge in [0.2, 0.25) is 0 Å². The van der Waals surface area contributed by atoms with Crippen molar-refractivity contribution in [3.05, 3.63) is 42.0 Å². The lowest BCUT2D eigenvalue weighted by Gasteiger charge is -2.14. The van der Waals surface area contributed by atoms with Gasteiger partial charge in [-0.05, 0) is 24.8 Å². The second-order valence-corrected chi connectivity index (χ2v) is 3.68. The second-order valence-electron chi connectivity index (χ2n) is 3.68. The number of aromatic hydroxyl groups is 1. The predicted molar refractivity (Wildman–Crippen MR) is 71.1 cm³/mol. The first-order valence-electron chi connectivity index (χ1n) is 5.38. The zero-order valence-corrected chi connectivity index (χ0v) is 10.5. The van der Waals surface area contributed by atoms with Crippen LogP contribution >= 0.6 is 12.4 Å². The Balaban J connectivity index is 0.00000225. The van der Waals surface area contributed by atoms with Gasteiger partial charge >= 0.3 is 0 Å². The number of hydrogen-bond donors (Lipinski definition) is 2. The minimum Gasteiger partial charge on any atom is -0.507 e. The number of hydrogen-bond acceptors (Lipinski definition) is 2. The van der Waals surface area contributed by atoms with E-state index in [4.69, 9.17) is 5.73 Å². The molecule has 3 N–H and O–H groups in total. The highest BCUT2D eigenvalue weighted by Gasteiger charge is 2.11. The number of halogens is 1. The van der Waals surface area contributed by atoms with Gasteiger partial charge in [0, 0.05) is 11.6 Å². The van der Waals surface area contributed by atoms with E-state index in [9.17, 15) is 5.11 Å². The van der Waals surface area contributed by atoms with Crippen LogP contribution in [0.25, 0.3) is 0 Å². The molecule has 2 nitrogen and oxygen atoms in total. The van der Waals surface area contributed by atoms with Gasteiger partial charge in [-0.3, -0.25) is 0 Å². The normalized spacial score (nSPS) is 11.6. The van der Waals surface area contributed by atoms with Crippen LogP contribution in [-0.2, 0) is 6.42 Å². The molecule has 0 saturated carbocycles. The molecule has 0 amide bonds. The van der Waals surface area contributed by atoms with Crippen molar-refractivity contribution in [1.82, 2.24) is 0 Å². The highest BCUT2D eigenvalue weighted by Crippen LogP contribution is 2.29. The maximum absolute atomic E-state index is 9.95. The zero-order chi connectivity index (χ0) is 11.3. The molecule has 0 aromatic heterocycles. The Morgan fingerprint density at radius 2 is 2.19 bits per heavy atom. The van der Waals surface area contributed by atoms with E-state index in [1.165, 1.54) is 0 Å². The van der Waals surface area contributed by atoms with E-state index in [-0.39, 0.29) is 18.4 Å². The van der Waals surface area contributed by atoms with Crippen molar-refractivity contribution < 1.29 is 5.11 Å². The second kappa shape index (κ2) is 7.31. The first-order valence-corrected chi connectivity index (χ1v) is 5.38. The molecule has 0 fully saturated rings. The monoisotopic (exact) mass is 241 g/mol. The van der Waals surface area contributed by atoms with Gasteiger partial charge in [-0.15, -0.1) is 19.0 Å². The third kappa shape index (κ3) is 3.54. The summed E-state index contributed by atoms with van der Waals surface area (Å²) in [6.45, 7) is 5.69. The molecule has 1 rings (SSSR count). The fraction of sp³-hybridized carbons (Fsp3) is 0.385. The number of rotatable bonds is 5. The Bertz CT molecular complexity index is 339. The van der Waals surface area contributed by atoms with Gasteiger partial charge in [0.25, 0.3) is 0 Å². The minimum atomic E-state index is -0.102. The van der Waals surface area contributed by atoms with Crippen LogP contribution < -0.4 is 5.73 Å². The standard InChI is InChI=1S/C13H19NO.ClH/c1-3-5-9-12(14)11-8-6-7-10(4-2)13(11)15;/h3,6-8,12,15H,1,4-5,9,14H2,2H3;1H/t12-;/m0./s1. The average Bonchev–Trinajstić information content (AvgIpc) is 2.26. The topological polar surface area (TPSA) is 46.2 Å². The number of allylic oxidation sites excluding steroid dienone is 1. The molecule has 3 heteroatoms. The van der Waals surface area contributed by atoms with E-state index in [2.05, 4.69) is 6.58 Å². The molecule has 0 bridgehead atoms. The van der Waals surface area contributed by atoms with Crippen molar-refractivity contribution in [3.8, 4) is 5.75 Å². The molecule has 1 aromatic carbocycles. The van der Waals surface area contributed by atoms with E-state index < -0.39 is 0 Å². The maximum Gasteiger partial charge on any atom is 0.123 e. The summed E-state index contributed by atoms with van der Waals surface area (Å²) in [5, 5.41) is 9.95. The van der Waals surface area contributed by atoms with Crippen molar-refractivity contribution in [1.29, 1.82) is 0 Å². The number of phenols is 1. The average molecular weight is 242 g/mol. The summed E-state index contributed by atoms with van der Waals surface area (Å²) in [5.74, 6) is 0.358. The Morgan fingerprint density at radius 1 is 1.50 bits per heavy atom. The summed E-state index contributed by atoms with van der Waals surface area (Å²) < 4.78 is 0. The van der Waals surface area contributed by atoms with Crippen LogP contribution in [-0.4, -0.2) is 5.11 Å². The molecule has 0 aliphatic carbocycles. The Morgan fingerprint density at radius 3 is 2.75 bits per heavy atom. The van der Waals surface area contributed by atoms with E-state index >= 15 is 0 Å². The fourth-order valence-corrected chi connectivity index (χ4v) is 1.65. The molecule has 0 radical (unpaired) electrons. The summed E-state index contributed by atoms with van der Waals surface area (Å²) in [5.41, 5.74) is 7.80. The number of phenolic OH excluding ortho intramolecular Hbond substituents is 1. The summed E-state index contributed by atoms with van der Waals surface area (Å²) in [4.78, 5) is 0. The summed E-state index contributed by atoms with van der Waals surface area (Å²) in [6.07, 6.45) is 4.37. The number of nitrogens with two attached hydrogens (primary N) is 1. The Labute approximate surface area is 104 Å². The lowest BCUT2D eigenvalue weighted by molar-refractivity contribution is 0.452. The lowest BCUT2D eigenvalue weighted by Crippen LogP contribution is -2.10. The first kappa shape index (κ1) is 15.0. The van der Waals surface area contributed by atoms with Gasteiger partial charge in [0.05, 0.1) is 0 Å². The zero-order valence-electron chi connectivity index (χ0n) is 9.65. The molecule has 0 aliphatic heterocycles.